The van der Waals surface area contributed by atoms with Gasteiger partial charge in [0.25, 0.3) is 0 Å². The van der Waals surface area contributed by atoms with Crippen LogP contribution in [0.25, 0.3) is 118 Å². The number of aromatic nitrogens is 17. The van der Waals surface area contributed by atoms with Crippen LogP contribution in [0.15, 0.2) is 215 Å². The quantitative estimate of drug-likeness (QED) is 0.0627. The first kappa shape index (κ1) is 85.0. The maximum absolute atomic E-state index is 5.74. The predicted octanol–water partition coefficient (Wildman–Crippen LogP) is 18.1. The van der Waals surface area contributed by atoms with E-state index in [1.165, 1.54) is 35.5 Å². The molecule has 0 spiro atoms. The second kappa shape index (κ2) is 38.1. The van der Waals surface area contributed by atoms with Crippen LogP contribution in [-0.2, 0) is 7.05 Å². The summed E-state index contributed by atoms with van der Waals surface area (Å²) < 4.78 is 21.2. The van der Waals surface area contributed by atoms with Crippen LogP contribution >= 0.6 is 34.0 Å². The molecule has 22 rings (SSSR count). The third-order valence-corrected chi connectivity index (χ3v) is 21.5. The number of rotatable bonds is 0. The highest BCUT2D eigenvalue weighted by Gasteiger charge is 2.11. The Kier molecular flexibility index (Phi) is 26.8. The molecule has 21 heterocycles. The van der Waals surface area contributed by atoms with Crippen LogP contribution in [0.4, 0.5) is 63.9 Å². The average molecular weight is 1670 g/mol. The molecule has 31 nitrogen and oxygen atoms in total. The van der Waals surface area contributed by atoms with E-state index in [-0.39, 0.29) is 0 Å². The Morgan fingerprint density at radius 1 is 0.397 bits per heavy atom. The Morgan fingerprint density at radius 3 is 1.62 bits per heavy atom. The van der Waals surface area contributed by atoms with Crippen molar-refractivity contribution in [2.24, 2.45) is 7.05 Å². The molecular formula is C87H92N28O3S3. The number of aromatic amines is 4. The average Bonchev–Trinajstić information content (AvgIpc) is 1.68. The number of pyridine rings is 10. The van der Waals surface area contributed by atoms with E-state index in [1.807, 2.05) is 145 Å². The van der Waals surface area contributed by atoms with Crippen LogP contribution in [0.1, 0.15) is 55.2 Å². The molecule has 0 bridgehead atoms. The van der Waals surface area contributed by atoms with E-state index >= 15 is 0 Å². The molecule has 0 saturated carbocycles. The lowest BCUT2D eigenvalue weighted by Crippen LogP contribution is -1.94. The maximum Gasteiger partial charge on any atom is 0.176 e. The molecule has 0 aliphatic carbocycles. The van der Waals surface area contributed by atoms with Crippen molar-refractivity contribution in [3.8, 4) is 0 Å². The number of thiophene rings is 3. The van der Waals surface area contributed by atoms with Crippen molar-refractivity contribution < 1.29 is 13.3 Å². The van der Waals surface area contributed by atoms with Crippen molar-refractivity contribution in [2.75, 3.05) is 63.1 Å². The number of fused-ring (bicyclic) bond motifs is 11. The first-order valence-electron chi connectivity index (χ1n) is 37.4. The van der Waals surface area contributed by atoms with E-state index in [9.17, 15) is 0 Å². The normalized spacial score (nSPS) is 10.6. The molecule has 0 saturated heterocycles. The predicted molar refractivity (Wildman–Crippen MR) is 500 cm³/mol. The highest BCUT2D eigenvalue weighted by atomic mass is 32.1. The smallest absolute Gasteiger partial charge is 0.176 e. The van der Waals surface area contributed by atoms with Gasteiger partial charge in [0.05, 0.1) is 61.3 Å². The number of nitrogens with one attached hydrogen (secondary N) is 4. The Balaban J connectivity index is 0.000000122. The fraction of sp³-hybridized carbons (Fsp3) is 0.126. The summed E-state index contributed by atoms with van der Waals surface area (Å²) >= 11 is 5.15. The van der Waals surface area contributed by atoms with Crippen molar-refractivity contribution in [1.29, 1.82) is 0 Å². The minimum atomic E-state index is 0.454. The minimum absolute atomic E-state index is 0.454. The molecule has 0 fully saturated rings. The number of nitrogens with two attached hydrogens (primary N) is 11. The number of imidazole rings is 2. The van der Waals surface area contributed by atoms with Gasteiger partial charge >= 0.3 is 0 Å². The second-order valence-electron chi connectivity index (χ2n) is 27.6. The topological polar surface area (TPSA) is 548 Å². The Hall–Kier alpha value is -15.4. The van der Waals surface area contributed by atoms with Crippen LogP contribution in [0.5, 0.6) is 0 Å². The lowest BCUT2D eigenvalue weighted by Gasteiger charge is -1.95. The van der Waals surface area contributed by atoms with E-state index in [1.54, 1.807) is 121 Å². The number of aryl methyl sites for hydroxylation is 11. The van der Waals surface area contributed by atoms with Crippen molar-refractivity contribution >= 4 is 216 Å². The van der Waals surface area contributed by atoms with Crippen molar-refractivity contribution in [2.45, 2.75) is 69.2 Å². The van der Waals surface area contributed by atoms with Gasteiger partial charge in [-0.05, 0) is 200 Å². The molecule has 0 amide bonds. The van der Waals surface area contributed by atoms with Gasteiger partial charge in [0, 0.05) is 138 Å². The first-order valence-corrected chi connectivity index (χ1v) is 40.0. The lowest BCUT2D eigenvalue weighted by atomic mass is 10.2. The summed E-state index contributed by atoms with van der Waals surface area (Å²) in [6.07, 6.45) is 22.2. The van der Waals surface area contributed by atoms with Crippen molar-refractivity contribution in [1.82, 2.24) is 84.3 Å². The molecule has 121 heavy (non-hydrogen) atoms. The monoisotopic (exact) mass is 1670 g/mol. The number of anilines is 11. The number of H-pyrrole nitrogens is 4. The molecule has 616 valence electrons. The van der Waals surface area contributed by atoms with Gasteiger partial charge in [0.2, 0.25) is 0 Å². The summed E-state index contributed by atoms with van der Waals surface area (Å²) in [5, 5.41) is 11.5. The number of hydrogen-bond donors (Lipinski definition) is 15. The first-order chi connectivity index (χ1) is 58.0. The molecule has 0 aliphatic heterocycles. The Morgan fingerprint density at radius 2 is 0.967 bits per heavy atom. The van der Waals surface area contributed by atoms with Crippen molar-refractivity contribution in [3.05, 3.63) is 257 Å². The van der Waals surface area contributed by atoms with E-state index in [0.717, 1.165) is 138 Å². The molecule has 34 heteroatoms. The van der Waals surface area contributed by atoms with Gasteiger partial charge in [-0.15, -0.1) is 34.0 Å². The van der Waals surface area contributed by atoms with Gasteiger partial charge in [-0.3, -0.25) is 0 Å². The SMILES string of the molecule is Cc1c[nH]c2ccnc(N)c12.Cc1cc2c(N)nccc2[nH]1.Cc1cc2c(N)nccc2o1.Cc1cc2c(N)nccc2s1.Cc1cc2cccc(N)c2[nH]1.Cc1cc2ccnc(N)c2o1.Cc1cc2ccnc(N)c2s1.Cc1coc2ccnc(N)c12.Cc1csc2ccnc(N)c12.Cc1nc2c(N)nccc2[nH]1.Cn1cnc2ccnc(N)c21. The third-order valence-electron chi connectivity index (χ3n) is 18.3. The van der Waals surface area contributed by atoms with Crippen molar-refractivity contribution in [3.63, 3.8) is 0 Å². The molecule has 0 aliphatic rings. The molecule has 21 aromatic heterocycles. The number of para-hydroxylation sites is 1. The second-order valence-corrected chi connectivity index (χ2v) is 31.1. The number of nitrogen functional groups attached to an aromatic ring is 11. The summed E-state index contributed by atoms with van der Waals surface area (Å²) in [5.41, 5.74) is 77.5. The van der Waals surface area contributed by atoms with Gasteiger partial charge < -0.3 is 101 Å². The third kappa shape index (κ3) is 20.7. The maximum atomic E-state index is 5.74. The minimum Gasteiger partial charge on any atom is -0.464 e. The van der Waals surface area contributed by atoms with Gasteiger partial charge in [-0.2, -0.15) is 0 Å². The highest BCUT2D eigenvalue weighted by Crippen LogP contribution is 2.32. The standard InChI is InChI=1S/C9H10N2.2C8H9N3.3C8H8N2O.3C8H8N2S.2C7H8N4/c1-6-5-7-3-2-4-8(10)9(7)11-6;1-5-4-6-7(11-5)2-3-10-8(6)9;1-5-4-11-6-2-3-10-8(9)7(5)6;1-5-4-6-7(11-5)2-3-10-8(6)9;1-5-4-11-6-2-3-10-8(9)7(5)6;1-5-4-6-2-3-10-8(9)7(6)11-5;1-5-4-6-7(11-5)2-3-10-8(6)9;1-5-4-11-6-2-3-10-8(9)7(5)6;1-5-4-6-2-3-10-8(9)7(6)11-5;1-11-4-10-5-2-3-9-7(8)6(5)11;1-4-10-5-2-3-9-7(8)6(5)11-4/h2-5,11H,10H2,1H3;2*2-4,11H,1H3,(H2,9,10);6*2-4H,1H3,(H2,9,10);2-4H,1H3,(H2,8,9);2-3H,1H3,(H2,8,9)(H,10,11). The van der Waals surface area contributed by atoms with Gasteiger partial charge in [0.1, 0.15) is 86.1 Å². The number of nitrogens with zero attached hydrogens (tertiary/aromatic N) is 13. The van der Waals surface area contributed by atoms with E-state index in [0.29, 0.717) is 63.8 Å². The van der Waals surface area contributed by atoms with Gasteiger partial charge in [-0.1, -0.05) is 12.1 Å². The van der Waals surface area contributed by atoms with Crippen LogP contribution in [0, 0.1) is 69.2 Å². The fourth-order valence-corrected chi connectivity index (χ4v) is 15.6. The number of furan rings is 3. The fourth-order valence-electron chi connectivity index (χ4n) is 12.8. The zero-order chi connectivity index (χ0) is 86.3. The molecular weight excluding hydrogens is 1580 g/mol. The van der Waals surface area contributed by atoms with Crippen LogP contribution in [0.3, 0.4) is 0 Å². The summed E-state index contributed by atoms with van der Waals surface area (Å²) in [6, 6.07) is 37.0. The summed E-state index contributed by atoms with van der Waals surface area (Å²) in [7, 11) is 1.90. The Labute approximate surface area is 705 Å². The zero-order valence-corrected chi connectivity index (χ0v) is 70.6. The van der Waals surface area contributed by atoms with Gasteiger partial charge in [0.15, 0.2) is 17.2 Å². The summed E-state index contributed by atoms with van der Waals surface area (Å²) in [6.45, 7) is 19.9. The molecule has 0 unspecified atom stereocenters. The zero-order valence-electron chi connectivity index (χ0n) is 68.2. The number of benzene rings is 1. The van der Waals surface area contributed by atoms with Gasteiger partial charge in [-0.25, -0.2) is 59.8 Å². The van der Waals surface area contributed by atoms with E-state index < -0.39 is 0 Å². The molecule has 0 atom stereocenters. The van der Waals surface area contributed by atoms with Crippen LogP contribution < -0.4 is 63.1 Å². The number of hydrogen-bond acceptors (Lipinski definition) is 29. The molecule has 0 radical (unpaired) electrons. The van der Waals surface area contributed by atoms with Crippen LogP contribution in [-0.4, -0.2) is 84.3 Å². The Bertz CT molecular complexity index is 6170. The van der Waals surface area contributed by atoms with E-state index in [2.05, 4.69) is 130 Å². The summed E-state index contributed by atoms with van der Waals surface area (Å²) in [4.78, 5) is 63.1. The van der Waals surface area contributed by atoms with E-state index in [4.69, 9.17) is 76.3 Å². The summed E-state index contributed by atoms with van der Waals surface area (Å²) in [5.74, 6) is 8.21. The highest BCUT2D eigenvalue weighted by molar-refractivity contribution is 7.19. The largest absolute Gasteiger partial charge is 0.464 e. The molecule has 22 aromatic rings. The lowest BCUT2D eigenvalue weighted by molar-refractivity contribution is 0.578. The molecule has 1 aromatic carbocycles. The molecule has 26 N–H and O–H groups in total. The van der Waals surface area contributed by atoms with Crippen LogP contribution in [0.2, 0.25) is 0 Å².